The van der Waals surface area contributed by atoms with E-state index in [0.29, 0.717) is 17.8 Å². The Bertz CT molecular complexity index is 2650. The summed E-state index contributed by atoms with van der Waals surface area (Å²) in [6.45, 7) is 18.4. The number of sulfone groups is 3. The van der Waals surface area contributed by atoms with Gasteiger partial charge in [0.2, 0.25) is 0 Å². The van der Waals surface area contributed by atoms with Gasteiger partial charge in [-0.3, -0.25) is 25.3 Å². The average molecular weight is 1150 g/mol. The van der Waals surface area contributed by atoms with Crippen molar-refractivity contribution in [3.05, 3.63) is 76.8 Å². The average Bonchev–Trinajstić information content (AvgIpc) is 3.25. The molecule has 0 unspecified atom stereocenters. The lowest BCUT2D eigenvalue weighted by Crippen LogP contribution is -2.64. The van der Waals surface area contributed by atoms with Crippen molar-refractivity contribution in [1.82, 2.24) is 0 Å². The summed E-state index contributed by atoms with van der Waals surface area (Å²) in [5, 5.41) is -12.6. The molecule has 422 valence electrons. The van der Waals surface area contributed by atoms with Crippen molar-refractivity contribution < 1.29 is 81.6 Å². The second-order valence-electron chi connectivity index (χ2n) is 20.5. The quantitative estimate of drug-likeness (QED) is 0.173. The maximum atomic E-state index is 12.4. The fraction of sp³-hybridized carbons (Fsp3) is 0.729. The summed E-state index contributed by atoms with van der Waals surface area (Å²) >= 11 is 0. The third-order valence-corrected chi connectivity index (χ3v) is 24.4. The highest BCUT2D eigenvalue weighted by atomic mass is 32.3. The van der Waals surface area contributed by atoms with Crippen LogP contribution in [0.25, 0.3) is 4.13 Å². The summed E-state index contributed by atoms with van der Waals surface area (Å²) in [6, 6.07) is 10.2. The molecule has 0 N–H and O–H groups in total. The predicted molar refractivity (Wildman–Crippen MR) is 266 cm³/mol. The Morgan fingerprint density at radius 3 is 1.11 bits per heavy atom. The number of rotatable bonds is 9. The molecule has 73 heavy (non-hydrogen) atoms. The molecule has 0 aromatic heterocycles. The summed E-state index contributed by atoms with van der Waals surface area (Å²) in [4.78, 5) is 0. The standard InChI is InChI=1S/C25H38.C16H26.C4H6F3O6S3.C3F6NO4S2/c1-19-24(21-13-7-3-8-14-21)17-23(20-11-5-2-6-12-20)18-25(19)22-15-9-4-10-16-22;1-10(2)14-8-15(11(3)4)13(7)16(9-14)12(5)6;1-14(8,9)3(15(2,10)11)16(12,13)4(5,6)7;4-1(5)2(6,7)15(11,12)10-16(13,14)3(1,8)9/h17-18,20-22H,2-16H2,1H3;8-12H,1-7H3;1-2H3;/q;;2*-1. The molecular formula is C48H70F9NO10S5-2. The van der Waals surface area contributed by atoms with Gasteiger partial charge >= 0.3 is 21.9 Å². The molecule has 1 aliphatic heterocycles. The van der Waals surface area contributed by atoms with Gasteiger partial charge in [-0.05, 0) is 132 Å². The van der Waals surface area contributed by atoms with E-state index in [1.54, 1.807) is 22.3 Å². The minimum Gasteiger partial charge on any atom is -0.425 e. The lowest BCUT2D eigenvalue weighted by Gasteiger charge is -2.42. The van der Waals surface area contributed by atoms with Gasteiger partial charge in [0.15, 0.2) is 29.9 Å². The highest BCUT2D eigenvalue weighted by molar-refractivity contribution is 8.28. The Labute approximate surface area is 427 Å². The van der Waals surface area contributed by atoms with E-state index in [1.807, 2.05) is 0 Å². The summed E-state index contributed by atoms with van der Waals surface area (Å²) < 4.78 is 215. The molecule has 3 saturated carbocycles. The highest BCUT2D eigenvalue weighted by Crippen LogP contribution is 2.58. The number of hydrogen-bond donors (Lipinski definition) is 0. The molecule has 1 saturated heterocycles. The zero-order valence-electron chi connectivity index (χ0n) is 42.9. The maximum absolute atomic E-state index is 12.4. The van der Waals surface area contributed by atoms with E-state index in [9.17, 15) is 81.6 Å². The molecule has 0 spiro atoms. The second kappa shape index (κ2) is 24.0. The van der Waals surface area contributed by atoms with Gasteiger partial charge in [0, 0.05) is 12.5 Å². The molecule has 25 heteroatoms. The van der Waals surface area contributed by atoms with Gasteiger partial charge in [-0.2, -0.15) is 39.5 Å². The number of nitrogens with zero attached hydrogens (tertiary/aromatic N) is 1. The molecule has 2 aromatic carbocycles. The van der Waals surface area contributed by atoms with E-state index in [4.69, 9.17) is 0 Å². The SMILES string of the molecule is CS(=O)(=O)[C-](S(C)(=O)=O)S(=O)(=O)C(F)(F)F.Cc1c(C(C)C)cc(C(C)C)cc1C(C)C.Cc1c(C2CCCCC2)cc(C2CCCCC2)cc1C1CCCCC1.O=S1(=O)[N-]S(=O)(=O)C(F)(F)C(F)(F)C1(F)F. The first-order chi connectivity index (χ1) is 33.0. The smallest absolute Gasteiger partial charge is 0.425 e. The van der Waals surface area contributed by atoms with Crippen LogP contribution in [0.4, 0.5) is 39.5 Å². The van der Waals surface area contributed by atoms with Crippen molar-refractivity contribution in [1.29, 1.82) is 0 Å². The van der Waals surface area contributed by atoms with Crippen LogP contribution in [0.5, 0.6) is 0 Å². The summed E-state index contributed by atoms with van der Waals surface area (Å²) in [5.74, 6) is -2.15. The minimum atomic E-state index is -6.60. The summed E-state index contributed by atoms with van der Waals surface area (Å²) in [6.07, 6.45) is 21.9. The van der Waals surface area contributed by atoms with Gasteiger partial charge in [-0.25, -0.2) is 16.8 Å². The summed E-state index contributed by atoms with van der Waals surface area (Å²) in [5.41, 5.74) is 6.99. The van der Waals surface area contributed by atoms with Crippen molar-refractivity contribution in [2.45, 2.75) is 209 Å². The van der Waals surface area contributed by atoms with Crippen molar-refractivity contribution in [3.8, 4) is 0 Å². The van der Waals surface area contributed by atoms with Gasteiger partial charge in [0.05, 0.1) is 23.6 Å². The van der Waals surface area contributed by atoms with E-state index >= 15 is 0 Å². The first-order valence-electron chi connectivity index (χ1n) is 24.2. The van der Waals surface area contributed by atoms with Crippen molar-refractivity contribution in [2.24, 2.45) is 0 Å². The van der Waals surface area contributed by atoms with Crippen LogP contribution in [-0.2, 0) is 49.6 Å². The van der Waals surface area contributed by atoms with E-state index in [0.717, 1.165) is 21.9 Å². The van der Waals surface area contributed by atoms with Crippen LogP contribution < -0.4 is 0 Å². The first kappa shape index (κ1) is 64.8. The number of halogens is 9. The maximum Gasteiger partial charge on any atom is 0.470 e. The van der Waals surface area contributed by atoms with Crippen LogP contribution in [-0.4, -0.2) is 76.5 Å². The fourth-order valence-electron chi connectivity index (χ4n) is 9.93. The predicted octanol–water partition coefficient (Wildman–Crippen LogP) is 13.8. The summed E-state index contributed by atoms with van der Waals surface area (Å²) in [7, 11) is -29.6. The Kier molecular flexibility index (Phi) is 21.3. The molecule has 1 heterocycles. The number of benzene rings is 2. The van der Waals surface area contributed by atoms with Crippen LogP contribution in [0.3, 0.4) is 0 Å². The zero-order valence-corrected chi connectivity index (χ0v) is 46.9. The van der Waals surface area contributed by atoms with Crippen LogP contribution >= 0.6 is 0 Å². The highest BCUT2D eigenvalue weighted by Gasteiger charge is 2.81. The molecule has 0 radical (unpaired) electrons. The Morgan fingerprint density at radius 1 is 0.534 bits per heavy atom. The van der Waals surface area contributed by atoms with Gasteiger partial charge in [0.25, 0.3) is 0 Å². The zero-order chi connectivity index (χ0) is 56.3. The van der Waals surface area contributed by atoms with Crippen molar-refractivity contribution >= 4 is 49.6 Å². The van der Waals surface area contributed by atoms with E-state index in [2.05, 4.69) is 79.7 Å². The minimum absolute atomic E-state index is 0.0622. The Morgan fingerprint density at radius 2 is 0.849 bits per heavy atom. The molecule has 11 nitrogen and oxygen atoms in total. The normalized spacial score (nSPS) is 21.6. The largest absolute Gasteiger partial charge is 0.470 e. The molecule has 0 atom stereocenters. The van der Waals surface area contributed by atoms with E-state index in [-0.39, 0.29) is 12.5 Å². The third-order valence-electron chi connectivity index (χ3n) is 13.8. The lowest BCUT2D eigenvalue weighted by atomic mass is 9.74. The van der Waals surface area contributed by atoms with Gasteiger partial charge in [-0.1, -0.05) is 124 Å². The van der Waals surface area contributed by atoms with Crippen LogP contribution in [0.15, 0.2) is 24.3 Å². The van der Waals surface area contributed by atoms with E-state index < -0.39 is 75.4 Å². The molecule has 0 amide bonds. The van der Waals surface area contributed by atoms with E-state index in [1.165, 1.54) is 119 Å². The fourth-order valence-corrected chi connectivity index (χ4v) is 18.8. The first-order valence-corrected chi connectivity index (χ1v) is 32.4. The Hall–Kier alpha value is -2.48. The molecule has 6 rings (SSSR count). The molecule has 2 aromatic rings. The monoisotopic (exact) mass is 1150 g/mol. The Balaban J connectivity index is 0.000000264. The molecule has 4 fully saturated rings. The van der Waals surface area contributed by atoms with Crippen molar-refractivity contribution in [2.75, 3.05) is 12.5 Å². The number of hydrogen-bond acceptors (Lipinski definition) is 10. The van der Waals surface area contributed by atoms with Gasteiger partial charge in [0.1, 0.15) is 0 Å². The van der Waals surface area contributed by atoms with Crippen LogP contribution in [0, 0.1) is 17.8 Å². The number of alkyl halides is 9. The van der Waals surface area contributed by atoms with Gasteiger partial charge < -0.3 is 4.13 Å². The van der Waals surface area contributed by atoms with Crippen molar-refractivity contribution in [3.63, 3.8) is 0 Å². The molecule has 3 aliphatic carbocycles. The second-order valence-corrected chi connectivity index (χ2v) is 30.6. The third kappa shape index (κ3) is 14.8. The molecule has 4 aliphatic rings. The molecular weight excluding hydrogens is 1080 g/mol. The van der Waals surface area contributed by atoms with Crippen LogP contribution in [0.1, 0.15) is 218 Å². The lowest BCUT2D eigenvalue weighted by molar-refractivity contribution is -0.244. The number of sulfonamides is 2. The topological polar surface area (TPSA) is 185 Å². The van der Waals surface area contributed by atoms with Crippen LogP contribution in [0.2, 0.25) is 0 Å². The van der Waals surface area contributed by atoms with Gasteiger partial charge in [-0.15, -0.1) is 0 Å². The molecule has 0 bridgehead atoms.